The van der Waals surface area contributed by atoms with Crippen LogP contribution in [0.1, 0.15) is 19.4 Å². The van der Waals surface area contributed by atoms with E-state index in [-0.39, 0.29) is 17.7 Å². The molecule has 0 radical (unpaired) electrons. The van der Waals surface area contributed by atoms with Gasteiger partial charge in [-0.1, -0.05) is 18.1 Å². The van der Waals surface area contributed by atoms with E-state index in [1.165, 1.54) is 0 Å². The molecule has 0 aliphatic carbocycles. The third-order valence-electron chi connectivity index (χ3n) is 4.00. The summed E-state index contributed by atoms with van der Waals surface area (Å²) in [5.41, 5.74) is 0.738. The second kappa shape index (κ2) is 8.19. The minimum absolute atomic E-state index is 0.0374. The van der Waals surface area contributed by atoms with Crippen molar-refractivity contribution in [2.75, 3.05) is 19.8 Å². The zero-order chi connectivity index (χ0) is 19.4. The lowest BCUT2D eigenvalue weighted by Crippen LogP contribution is -2.28. The van der Waals surface area contributed by atoms with Gasteiger partial charge in [0.2, 0.25) is 0 Å². The second-order valence-corrected chi connectivity index (χ2v) is 6.69. The van der Waals surface area contributed by atoms with Gasteiger partial charge in [0.15, 0.2) is 0 Å². The highest BCUT2D eigenvalue weighted by Crippen LogP contribution is 2.37. The second-order valence-electron chi connectivity index (χ2n) is 5.70. The monoisotopic (exact) mass is 381 g/mol. The van der Waals surface area contributed by atoms with Gasteiger partial charge in [-0.05, 0) is 60.7 Å². The van der Waals surface area contributed by atoms with Crippen molar-refractivity contribution in [1.29, 1.82) is 0 Å². The van der Waals surface area contributed by atoms with Crippen LogP contribution in [0, 0.1) is 12.3 Å². The van der Waals surface area contributed by atoms with Gasteiger partial charge in [-0.25, -0.2) is 0 Å². The van der Waals surface area contributed by atoms with Crippen LogP contribution >= 0.6 is 11.8 Å². The zero-order valence-electron chi connectivity index (χ0n) is 15.2. The lowest BCUT2D eigenvalue weighted by Gasteiger charge is -2.13. The third-order valence-corrected chi connectivity index (χ3v) is 4.91. The number of imide groups is 1. The molecular weight excluding hydrogens is 362 g/mol. The van der Waals surface area contributed by atoms with Crippen LogP contribution in [0.4, 0.5) is 4.79 Å². The Morgan fingerprint density at radius 1 is 1.15 bits per heavy atom. The van der Waals surface area contributed by atoms with E-state index in [0.717, 1.165) is 38.7 Å². The van der Waals surface area contributed by atoms with E-state index in [1.807, 2.05) is 44.2 Å². The number of terminal acetylenes is 1. The van der Waals surface area contributed by atoms with E-state index in [2.05, 4.69) is 5.92 Å². The minimum Gasteiger partial charge on any atom is -0.494 e. The maximum Gasteiger partial charge on any atom is 0.294 e. The Morgan fingerprint density at radius 2 is 1.89 bits per heavy atom. The van der Waals surface area contributed by atoms with Crippen molar-refractivity contribution in [3.63, 3.8) is 0 Å². The van der Waals surface area contributed by atoms with Crippen molar-refractivity contribution in [1.82, 2.24) is 4.90 Å². The highest BCUT2D eigenvalue weighted by atomic mass is 32.2. The Kier molecular flexibility index (Phi) is 5.72. The van der Waals surface area contributed by atoms with Crippen molar-refractivity contribution >= 4 is 39.8 Å². The minimum atomic E-state index is -0.386. The number of thioether (sulfide) groups is 1. The summed E-state index contributed by atoms with van der Waals surface area (Å²) in [7, 11) is 0. The Labute approximate surface area is 162 Å². The summed E-state index contributed by atoms with van der Waals surface area (Å²) < 4.78 is 11.4. The molecule has 5 nitrogen and oxygen atoms in total. The number of carbonyl (C=O) groups excluding carboxylic acids is 2. The maximum atomic E-state index is 12.5. The van der Waals surface area contributed by atoms with Gasteiger partial charge in [0, 0.05) is 5.56 Å². The Hall–Kier alpha value is -2.91. The molecule has 0 unspecified atom stereocenters. The third kappa shape index (κ3) is 3.79. The van der Waals surface area contributed by atoms with Crippen molar-refractivity contribution in [2.24, 2.45) is 0 Å². The molecule has 1 heterocycles. The number of hydrogen-bond donors (Lipinski definition) is 0. The molecule has 0 aromatic heterocycles. The summed E-state index contributed by atoms with van der Waals surface area (Å²) in [5, 5.41) is 1.50. The molecule has 2 amide bonds. The van der Waals surface area contributed by atoms with Crippen LogP contribution in [0.2, 0.25) is 0 Å². The molecular formula is C21H19NO4S. The summed E-state index contributed by atoms with van der Waals surface area (Å²) in [5.74, 6) is 3.33. The standard InChI is InChI=1S/C21H19NO4S/c1-4-11-22-20(23)19(27-21(22)24)13-17-16-12-15(25-5-2)9-7-14(16)8-10-18(17)26-6-3/h1,7-10,12-13H,5-6,11H2,2-3H3. The fourth-order valence-electron chi connectivity index (χ4n) is 2.85. The van der Waals surface area contributed by atoms with Crippen LogP contribution in [-0.2, 0) is 4.79 Å². The first-order chi connectivity index (χ1) is 13.1. The highest BCUT2D eigenvalue weighted by molar-refractivity contribution is 8.18. The number of benzene rings is 2. The number of ether oxygens (including phenoxy) is 2. The zero-order valence-corrected chi connectivity index (χ0v) is 16.0. The topological polar surface area (TPSA) is 55.8 Å². The predicted octanol–water partition coefficient (Wildman–Crippen LogP) is 4.31. The number of carbonyl (C=O) groups is 2. The molecule has 138 valence electrons. The molecule has 0 saturated carbocycles. The van der Waals surface area contributed by atoms with Crippen molar-refractivity contribution in [3.05, 3.63) is 40.8 Å². The van der Waals surface area contributed by atoms with Crippen LogP contribution < -0.4 is 9.47 Å². The summed E-state index contributed by atoms with van der Waals surface area (Å²) in [4.78, 5) is 26.0. The summed E-state index contributed by atoms with van der Waals surface area (Å²) in [6.45, 7) is 4.81. The van der Waals surface area contributed by atoms with Gasteiger partial charge in [0.1, 0.15) is 11.5 Å². The first kappa shape index (κ1) is 18.9. The molecule has 0 bridgehead atoms. The largest absolute Gasteiger partial charge is 0.494 e. The normalized spacial score (nSPS) is 15.4. The summed E-state index contributed by atoms with van der Waals surface area (Å²) in [6.07, 6.45) is 6.95. The molecule has 2 aromatic carbocycles. The Balaban J connectivity index is 2.15. The maximum absolute atomic E-state index is 12.5. The van der Waals surface area contributed by atoms with Crippen LogP contribution in [0.3, 0.4) is 0 Å². The number of amides is 2. The van der Waals surface area contributed by atoms with Gasteiger partial charge < -0.3 is 9.47 Å². The number of fused-ring (bicyclic) bond motifs is 1. The SMILES string of the molecule is C#CCN1C(=O)SC(=Cc2c(OCC)ccc3ccc(OCC)cc23)C1=O. The van der Waals surface area contributed by atoms with E-state index < -0.39 is 0 Å². The smallest absolute Gasteiger partial charge is 0.294 e. The van der Waals surface area contributed by atoms with E-state index in [4.69, 9.17) is 15.9 Å². The molecule has 27 heavy (non-hydrogen) atoms. The van der Waals surface area contributed by atoms with E-state index in [9.17, 15) is 9.59 Å². The molecule has 2 aromatic rings. The van der Waals surface area contributed by atoms with Gasteiger partial charge in [-0.15, -0.1) is 6.42 Å². The van der Waals surface area contributed by atoms with E-state index in [1.54, 1.807) is 6.08 Å². The van der Waals surface area contributed by atoms with Gasteiger partial charge >= 0.3 is 0 Å². The predicted molar refractivity (Wildman–Crippen MR) is 108 cm³/mol. The molecule has 0 atom stereocenters. The van der Waals surface area contributed by atoms with Crippen LogP contribution in [0.15, 0.2) is 35.2 Å². The first-order valence-electron chi connectivity index (χ1n) is 8.60. The molecule has 0 N–H and O–H groups in total. The Morgan fingerprint density at radius 3 is 2.59 bits per heavy atom. The lowest BCUT2D eigenvalue weighted by molar-refractivity contribution is -0.122. The van der Waals surface area contributed by atoms with Gasteiger partial charge in [-0.3, -0.25) is 14.5 Å². The van der Waals surface area contributed by atoms with Crippen LogP contribution in [0.5, 0.6) is 11.5 Å². The fraction of sp³-hybridized carbons (Fsp3) is 0.238. The molecule has 1 aliphatic rings. The number of rotatable bonds is 6. The Bertz CT molecular complexity index is 969. The van der Waals surface area contributed by atoms with Crippen LogP contribution in [0.25, 0.3) is 16.8 Å². The highest BCUT2D eigenvalue weighted by Gasteiger charge is 2.34. The van der Waals surface area contributed by atoms with Crippen LogP contribution in [-0.4, -0.2) is 35.8 Å². The lowest BCUT2D eigenvalue weighted by atomic mass is 10.0. The molecule has 0 spiro atoms. The van der Waals surface area contributed by atoms with E-state index in [0.29, 0.717) is 23.9 Å². The average Bonchev–Trinajstić information content (AvgIpc) is 2.92. The molecule has 1 saturated heterocycles. The van der Waals surface area contributed by atoms with Gasteiger partial charge in [-0.2, -0.15) is 0 Å². The molecule has 3 rings (SSSR count). The van der Waals surface area contributed by atoms with Crippen molar-refractivity contribution < 1.29 is 19.1 Å². The summed E-state index contributed by atoms with van der Waals surface area (Å²) >= 11 is 0.883. The molecule has 1 fully saturated rings. The molecule has 6 heteroatoms. The molecule has 1 aliphatic heterocycles. The van der Waals surface area contributed by atoms with Gasteiger partial charge in [0.05, 0.1) is 24.7 Å². The first-order valence-corrected chi connectivity index (χ1v) is 9.41. The fourth-order valence-corrected chi connectivity index (χ4v) is 3.67. The number of nitrogens with zero attached hydrogens (tertiary/aromatic N) is 1. The van der Waals surface area contributed by atoms with Gasteiger partial charge in [0.25, 0.3) is 11.1 Å². The van der Waals surface area contributed by atoms with E-state index >= 15 is 0 Å². The quantitative estimate of drug-likeness (QED) is 0.551. The number of hydrogen-bond acceptors (Lipinski definition) is 5. The summed E-state index contributed by atoms with van der Waals surface area (Å²) in [6, 6.07) is 9.59. The average molecular weight is 381 g/mol. The van der Waals surface area contributed by atoms with Crippen molar-refractivity contribution in [2.45, 2.75) is 13.8 Å². The van der Waals surface area contributed by atoms with Crippen molar-refractivity contribution in [3.8, 4) is 23.8 Å².